The Kier molecular flexibility index (Phi) is 8.08. The van der Waals surface area contributed by atoms with Crippen molar-refractivity contribution < 1.29 is 29.0 Å². The number of ether oxygens (including phenoxy) is 2. The highest BCUT2D eigenvalue weighted by atomic mass is 35.5. The van der Waals surface area contributed by atoms with Gasteiger partial charge in [0, 0.05) is 0 Å². The second-order valence-electron chi connectivity index (χ2n) is 8.17. The fraction of sp³-hybridized carbons (Fsp3) is 0.143. The third-order valence-corrected chi connectivity index (χ3v) is 5.84. The molecule has 0 unspecified atom stereocenters. The Morgan fingerprint density at radius 2 is 1.79 bits per heavy atom. The molecule has 2 N–H and O–H groups in total. The van der Waals surface area contributed by atoms with Gasteiger partial charge in [0.15, 0.2) is 18.1 Å². The molecule has 3 aromatic carbocycles. The molecule has 0 saturated heterocycles. The zero-order chi connectivity index (χ0) is 27.2. The first kappa shape index (κ1) is 26.4. The van der Waals surface area contributed by atoms with Gasteiger partial charge >= 0.3 is 5.97 Å². The third-order valence-electron chi connectivity index (χ3n) is 5.51. The van der Waals surface area contributed by atoms with Crippen LogP contribution in [0.2, 0.25) is 5.02 Å². The number of hydrogen-bond acceptors (Lipinski definition) is 6. The van der Waals surface area contributed by atoms with Gasteiger partial charge in [-0.25, -0.2) is 4.79 Å². The summed E-state index contributed by atoms with van der Waals surface area (Å²) in [4.78, 5) is 36.5. The van der Waals surface area contributed by atoms with Gasteiger partial charge in [0.1, 0.15) is 0 Å². The number of benzene rings is 3. The van der Waals surface area contributed by atoms with Crippen molar-refractivity contribution in [1.29, 1.82) is 0 Å². The number of anilines is 2. The van der Waals surface area contributed by atoms with E-state index in [4.69, 9.17) is 26.2 Å². The van der Waals surface area contributed by atoms with Crippen LogP contribution in [0.3, 0.4) is 0 Å². The zero-order valence-electron chi connectivity index (χ0n) is 20.6. The Morgan fingerprint density at radius 1 is 1.05 bits per heavy atom. The molecule has 9 nitrogen and oxygen atoms in total. The van der Waals surface area contributed by atoms with E-state index in [2.05, 4.69) is 10.4 Å². The van der Waals surface area contributed by atoms with Crippen molar-refractivity contribution in [2.75, 3.05) is 23.5 Å². The minimum Gasteiger partial charge on any atom is -0.490 e. The number of halogens is 1. The zero-order valence-corrected chi connectivity index (χ0v) is 21.4. The van der Waals surface area contributed by atoms with Crippen LogP contribution >= 0.6 is 11.6 Å². The Hall–Kier alpha value is -4.63. The van der Waals surface area contributed by atoms with Crippen molar-refractivity contribution in [2.45, 2.75) is 13.8 Å². The molecule has 1 heterocycles. The van der Waals surface area contributed by atoms with Crippen LogP contribution in [-0.2, 0) is 9.59 Å². The van der Waals surface area contributed by atoms with Crippen molar-refractivity contribution in [3.8, 4) is 11.5 Å². The summed E-state index contributed by atoms with van der Waals surface area (Å²) in [6.07, 6.45) is 1.68. The van der Waals surface area contributed by atoms with E-state index in [1.165, 1.54) is 29.3 Å². The summed E-state index contributed by atoms with van der Waals surface area (Å²) in [5.74, 6) is -1.00. The summed E-state index contributed by atoms with van der Waals surface area (Å²) < 4.78 is 11.4. The molecule has 0 atom stereocenters. The Bertz CT molecular complexity index is 1450. The molecule has 0 aromatic heterocycles. The summed E-state index contributed by atoms with van der Waals surface area (Å²) in [7, 11) is 0. The summed E-state index contributed by atoms with van der Waals surface area (Å²) in [6, 6.07) is 17.9. The van der Waals surface area contributed by atoms with E-state index in [-0.39, 0.29) is 24.0 Å². The molecule has 38 heavy (non-hydrogen) atoms. The highest BCUT2D eigenvalue weighted by molar-refractivity contribution is 6.33. The van der Waals surface area contributed by atoms with Gasteiger partial charge in [-0.3, -0.25) is 9.59 Å². The monoisotopic (exact) mass is 533 g/mol. The lowest BCUT2D eigenvalue weighted by Crippen LogP contribution is -2.21. The van der Waals surface area contributed by atoms with Crippen molar-refractivity contribution in [1.82, 2.24) is 0 Å². The molecule has 0 radical (unpaired) electrons. The first-order valence-electron chi connectivity index (χ1n) is 11.7. The van der Waals surface area contributed by atoms with Gasteiger partial charge in [-0.05, 0) is 74.0 Å². The SMILES string of the molecule is CCOc1cc(/C=C2\C(=O)N(c3ccc(C(=O)O)cc3)N=C2C)ccc1OCC(=O)Nc1ccccc1Cl. The largest absolute Gasteiger partial charge is 0.490 e. The number of carboxylic acids is 1. The summed E-state index contributed by atoms with van der Waals surface area (Å²) >= 11 is 6.08. The number of para-hydroxylation sites is 1. The lowest BCUT2D eigenvalue weighted by Gasteiger charge is -2.13. The number of amides is 2. The van der Waals surface area contributed by atoms with Crippen molar-refractivity contribution in [3.63, 3.8) is 0 Å². The fourth-order valence-electron chi connectivity index (χ4n) is 3.67. The normalized spacial score (nSPS) is 13.9. The average molecular weight is 534 g/mol. The summed E-state index contributed by atoms with van der Waals surface area (Å²) in [6.45, 7) is 3.64. The van der Waals surface area contributed by atoms with E-state index < -0.39 is 5.97 Å². The van der Waals surface area contributed by atoms with Crippen molar-refractivity contribution in [3.05, 3.63) is 88.5 Å². The number of aromatic carboxylic acids is 1. The molecule has 0 bridgehead atoms. The van der Waals surface area contributed by atoms with Crippen LogP contribution in [-0.4, -0.2) is 41.8 Å². The fourth-order valence-corrected chi connectivity index (χ4v) is 3.85. The van der Waals surface area contributed by atoms with Crippen LogP contribution in [0.1, 0.15) is 29.8 Å². The maximum absolute atomic E-state index is 13.1. The topological polar surface area (TPSA) is 118 Å². The van der Waals surface area contributed by atoms with Gasteiger partial charge in [0.2, 0.25) is 0 Å². The lowest BCUT2D eigenvalue weighted by atomic mass is 10.1. The first-order valence-corrected chi connectivity index (χ1v) is 12.0. The van der Waals surface area contributed by atoms with E-state index in [9.17, 15) is 14.4 Å². The predicted molar refractivity (Wildman–Crippen MR) is 145 cm³/mol. The predicted octanol–water partition coefficient (Wildman–Crippen LogP) is 5.26. The van der Waals surface area contributed by atoms with Gasteiger partial charge in [0.25, 0.3) is 11.8 Å². The second-order valence-corrected chi connectivity index (χ2v) is 8.58. The molecular formula is C28H24ClN3O6. The quantitative estimate of drug-likeness (QED) is 0.362. The molecule has 2 amide bonds. The Balaban J connectivity index is 1.49. The number of carbonyl (C=O) groups excluding carboxylic acids is 2. The summed E-state index contributed by atoms with van der Waals surface area (Å²) in [5.41, 5.74) is 2.61. The van der Waals surface area contributed by atoms with Crippen LogP contribution in [0.25, 0.3) is 6.08 Å². The van der Waals surface area contributed by atoms with Crippen LogP contribution in [0.15, 0.2) is 77.4 Å². The van der Waals surface area contributed by atoms with Gasteiger partial charge in [-0.1, -0.05) is 29.8 Å². The molecule has 0 spiro atoms. The number of hydrazone groups is 1. The molecule has 4 rings (SSSR count). The molecule has 0 fully saturated rings. The summed E-state index contributed by atoms with van der Waals surface area (Å²) in [5, 5.41) is 17.8. The Morgan fingerprint density at radius 3 is 2.47 bits per heavy atom. The maximum Gasteiger partial charge on any atom is 0.335 e. The standard InChI is InChI=1S/C28H24ClN3O6/c1-3-37-25-15-18(8-13-24(25)38-16-26(33)30-23-7-5-4-6-22(23)29)14-21-17(2)31-32(27(21)34)20-11-9-19(10-12-20)28(35)36/h4-15H,3,16H2,1-2H3,(H,30,33)(H,35,36)/b21-14-. The first-order chi connectivity index (χ1) is 18.3. The van der Waals surface area contributed by atoms with Crippen molar-refractivity contribution >= 4 is 52.5 Å². The van der Waals surface area contributed by atoms with Crippen LogP contribution in [0.5, 0.6) is 11.5 Å². The van der Waals surface area contributed by atoms with E-state index in [1.807, 2.05) is 6.92 Å². The van der Waals surface area contributed by atoms with E-state index >= 15 is 0 Å². The number of nitrogens with zero attached hydrogens (tertiary/aromatic N) is 2. The number of nitrogens with one attached hydrogen (secondary N) is 1. The van der Waals surface area contributed by atoms with E-state index in [1.54, 1.807) is 55.5 Å². The highest BCUT2D eigenvalue weighted by Crippen LogP contribution is 2.31. The molecule has 3 aromatic rings. The number of carboxylic acid groups (broad SMARTS) is 1. The van der Waals surface area contributed by atoms with Gasteiger partial charge in [-0.15, -0.1) is 0 Å². The van der Waals surface area contributed by atoms with Crippen LogP contribution in [0.4, 0.5) is 11.4 Å². The average Bonchev–Trinajstić information content (AvgIpc) is 3.18. The number of carbonyl (C=O) groups is 3. The van der Waals surface area contributed by atoms with E-state index in [0.717, 1.165) is 0 Å². The third kappa shape index (κ3) is 6.01. The molecule has 0 saturated carbocycles. The molecule has 0 aliphatic carbocycles. The second kappa shape index (κ2) is 11.6. The smallest absolute Gasteiger partial charge is 0.335 e. The molecule has 1 aliphatic rings. The molecule has 194 valence electrons. The lowest BCUT2D eigenvalue weighted by molar-refractivity contribution is -0.118. The Labute approximate surface area is 223 Å². The van der Waals surface area contributed by atoms with Crippen molar-refractivity contribution in [2.24, 2.45) is 5.10 Å². The van der Waals surface area contributed by atoms with Crippen LogP contribution in [0, 0.1) is 0 Å². The minimum absolute atomic E-state index is 0.115. The molecular weight excluding hydrogens is 510 g/mol. The van der Waals surface area contributed by atoms with E-state index in [0.29, 0.717) is 51.4 Å². The van der Waals surface area contributed by atoms with Crippen LogP contribution < -0.4 is 19.8 Å². The maximum atomic E-state index is 13.1. The highest BCUT2D eigenvalue weighted by Gasteiger charge is 2.29. The van der Waals surface area contributed by atoms with Gasteiger partial charge in [0.05, 0.1) is 39.9 Å². The van der Waals surface area contributed by atoms with Gasteiger partial charge < -0.3 is 19.9 Å². The molecule has 10 heteroatoms. The molecule has 1 aliphatic heterocycles. The van der Waals surface area contributed by atoms with Gasteiger partial charge in [-0.2, -0.15) is 10.1 Å². The number of rotatable bonds is 9. The minimum atomic E-state index is -1.05. The number of hydrogen-bond donors (Lipinski definition) is 2.